The van der Waals surface area contributed by atoms with E-state index in [1.165, 1.54) is 5.57 Å². The average molecular weight is 303 g/mol. The third-order valence-corrected chi connectivity index (χ3v) is 3.03. The van der Waals surface area contributed by atoms with Crippen molar-refractivity contribution in [3.8, 4) is 0 Å². The summed E-state index contributed by atoms with van der Waals surface area (Å²) in [7, 11) is 0. The number of rotatable bonds is 7. The number of halogens is 1. The predicted octanol–water partition coefficient (Wildman–Crippen LogP) is 4.60. The molecule has 1 unspecified atom stereocenters. The Morgan fingerprint density at radius 3 is 2.53 bits per heavy atom. The maximum atomic E-state index is 11.3. The van der Waals surface area contributed by atoms with Gasteiger partial charge in [0.25, 0.3) is 0 Å². The molecule has 2 nitrogen and oxygen atoms in total. The molecule has 0 aromatic heterocycles. The molecule has 0 saturated carbocycles. The highest BCUT2D eigenvalue weighted by molar-refractivity contribution is 9.12. The van der Waals surface area contributed by atoms with Gasteiger partial charge in [0.2, 0.25) is 0 Å². The molecule has 0 radical (unpaired) electrons. The molecule has 0 N–H and O–H groups in total. The van der Waals surface area contributed by atoms with Crippen molar-refractivity contribution in [3.05, 3.63) is 22.2 Å². The Kier molecular flexibility index (Phi) is 9.14. The summed E-state index contributed by atoms with van der Waals surface area (Å²) >= 11 is 3.24. The number of esters is 1. The van der Waals surface area contributed by atoms with Crippen molar-refractivity contribution in [2.45, 2.75) is 47.0 Å². The van der Waals surface area contributed by atoms with E-state index < -0.39 is 0 Å². The number of hydrogen-bond donors (Lipinski definition) is 0. The highest BCUT2D eigenvalue weighted by Crippen LogP contribution is 2.16. The summed E-state index contributed by atoms with van der Waals surface area (Å²) in [6, 6.07) is 0. The van der Waals surface area contributed by atoms with Crippen LogP contribution in [0.3, 0.4) is 0 Å². The van der Waals surface area contributed by atoms with Crippen LogP contribution in [0.5, 0.6) is 0 Å². The second kappa shape index (κ2) is 9.46. The van der Waals surface area contributed by atoms with E-state index in [0.717, 1.165) is 19.3 Å². The molecule has 1 atom stereocenters. The van der Waals surface area contributed by atoms with Gasteiger partial charge in [-0.25, -0.2) is 4.79 Å². The van der Waals surface area contributed by atoms with E-state index in [1.54, 1.807) is 6.92 Å². The van der Waals surface area contributed by atoms with E-state index in [9.17, 15) is 4.79 Å². The van der Waals surface area contributed by atoms with Gasteiger partial charge in [0, 0.05) is 0 Å². The minimum absolute atomic E-state index is 0.274. The lowest BCUT2D eigenvalue weighted by Gasteiger charge is -2.07. The second-order valence-corrected chi connectivity index (χ2v) is 5.33. The summed E-state index contributed by atoms with van der Waals surface area (Å²) in [6.07, 6.45) is 7.31. The highest BCUT2D eigenvalue weighted by Gasteiger charge is 2.07. The molecule has 0 aromatic carbocycles. The first kappa shape index (κ1) is 16.4. The van der Waals surface area contributed by atoms with E-state index in [4.69, 9.17) is 4.74 Å². The number of ether oxygens (including phenoxy) is 1. The molecule has 0 aromatic rings. The topological polar surface area (TPSA) is 26.3 Å². The predicted molar refractivity (Wildman–Crippen MR) is 76.1 cm³/mol. The van der Waals surface area contributed by atoms with Gasteiger partial charge in [-0.15, -0.1) is 0 Å². The Morgan fingerprint density at radius 2 is 2.00 bits per heavy atom. The Morgan fingerprint density at radius 1 is 1.35 bits per heavy atom. The van der Waals surface area contributed by atoms with Crippen LogP contribution in [0.15, 0.2) is 22.2 Å². The number of carbonyl (C=O) groups is 1. The maximum absolute atomic E-state index is 11.3. The fraction of sp³-hybridized carbons (Fsp3) is 0.643. The summed E-state index contributed by atoms with van der Waals surface area (Å²) < 4.78 is 5.42. The van der Waals surface area contributed by atoms with Gasteiger partial charge in [0.05, 0.1) is 11.1 Å². The number of allylic oxidation sites excluding steroid dienone is 3. The molecular weight excluding hydrogens is 280 g/mol. The molecule has 0 aliphatic heterocycles. The standard InChI is InChI=1S/C14H23BrO2/c1-5-17-14(16)13(15)10-9-12(4)8-6-7-11(2)3/h7,10,12H,5-6,8-9H2,1-4H3/b13-10-. The molecule has 98 valence electrons. The first-order valence-corrected chi connectivity index (χ1v) is 6.92. The van der Waals surface area contributed by atoms with Gasteiger partial charge in [0.15, 0.2) is 0 Å². The quantitative estimate of drug-likeness (QED) is 0.390. The zero-order valence-electron chi connectivity index (χ0n) is 11.3. The van der Waals surface area contributed by atoms with Crippen molar-refractivity contribution in [1.29, 1.82) is 0 Å². The third-order valence-electron chi connectivity index (χ3n) is 2.38. The fourth-order valence-electron chi connectivity index (χ4n) is 1.36. The fourth-order valence-corrected chi connectivity index (χ4v) is 1.66. The highest BCUT2D eigenvalue weighted by atomic mass is 79.9. The molecular formula is C14H23BrO2. The Labute approximate surface area is 113 Å². The van der Waals surface area contributed by atoms with Gasteiger partial charge >= 0.3 is 5.97 Å². The van der Waals surface area contributed by atoms with Crippen molar-refractivity contribution < 1.29 is 9.53 Å². The summed E-state index contributed by atoms with van der Waals surface area (Å²) in [6.45, 7) is 8.64. The molecule has 0 bridgehead atoms. The first-order chi connectivity index (χ1) is 7.97. The monoisotopic (exact) mass is 302 g/mol. The minimum Gasteiger partial charge on any atom is -0.462 e. The average Bonchev–Trinajstić information content (AvgIpc) is 2.25. The summed E-state index contributed by atoms with van der Waals surface area (Å²) in [5, 5.41) is 0. The zero-order valence-corrected chi connectivity index (χ0v) is 12.8. The third kappa shape index (κ3) is 9.16. The summed E-state index contributed by atoms with van der Waals surface area (Å²) in [5.41, 5.74) is 1.36. The van der Waals surface area contributed by atoms with Gasteiger partial charge in [-0.2, -0.15) is 0 Å². The summed E-state index contributed by atoms with van der Waals surface area (Å²) in [4.78, 5) is 11.3. The lowest BCUT2D eigenvalue weighted by atomic mass is 10.0. The van der Waals surface area contributed by atoms with Crippen LogP contribution in [0, 0.1) is 5.92 Å². The Bertz CT molecular complexity index is 289. The molecule has 0 fully saturated rings. The van der Waals surface area contributed by atoms with Gasteiger partial charge in [-0.1, -0.05) is 24.6 Å². The second-order valence-electron chi connectivity index (χ2n) is 4.47. The molecule has 3 heteroatoms. The molecule has 0 amide bonds. The molecule has 0 aliphatic carbocycles. The minimum atomic E-state index is -0.274. The van der Waals surface area contributed by atoms with Crippen molar-refractivity contribution in [2.75, 3.05) is 6.61 Å². The van der Waals surface area contributed by atoms with Gasteiger partial charge in [-0.3, -0.25) is 0 Å². The SMILES string of the molecule is CCOC(=O)/C(Br)=C/CC(C)CCC=C(C)C. The van der Waals surface area contributed by atoms with Crippen LogP contribution in [0.25, 0.3) is 0 Å². The molecule has 0 heterocycles. The first-order valence-electron chi connectivity index (χ1n) is 6.13. The lowest BCUT2D eigenvalue weighted by Crippen LogP contribution is -2.04. The number of carbonyl (C=O) groups excluding carboxylic acids is 1. The largest absolute Gasteiger partial charge is 0.462 e. The van der Waals surface area contributed by atoms with E-state index >= 15 is 0 Å². The van der Waals surface area contributed by atoms with Crippen molar-refractivity contribution in [2.24, 2.45) is 5.92 Å². The van der Waals surface area contributed by atoms with Crippen molar-refractivity contribution in [1.82, 2.24) is 0 Å². The van der Waals surface area contributed by atoms with Gasteiger partial charge in [-0.05, 0) is 61.9 Å². The van der Waals surface area contributed by atoms with E-state index in [2.05, 4.69) is 42.8 Å². The maximum Gasteiger partial charge on any atom is 0.344 e. The van der Waals surface area contributed by atoms with Crippen LogP contribution >= 0.6 is 15.9 Å². The Balaban J connectivity index is 3.96. The van der Waals surface area contributed by atoms with Crippen LogP contribution in [0.4, 0.5) is 0 Å². The lowest BCUT2D eigenvalue weighted by molar-refractivity contribution is -0.137. The van der Waals surface area contributed by atoms with Gasteiger partial charge < -0.3 is 4.74 Å². The molecule has 17 heavy (non-hydrogen) atoms. The van der Waals surface area contributed by atoms with Crippen LogP contribution in [0.2, 0.25) is 0 Å². The smallest absolute Gasteiger partial charge is 0.344 e. The molecule has 0 spiro atoms. The van der Waals surface area contributed by atoms with Crippen LogP contribution in [-0.2, 0) is 9.53 Å². The van der Waals surface area contributed by atoms with Crippen molar-refractivity contribution in [3.63, 3.8) is 0 Å². The Hall–Kier alpha value is -0.570. The van der Waals surface area contributed by atoms with Crippen LogP contribution in [0.1, 0.15) is 47.0 Å². The van der Waals surface area contributed by atoms with Gasteiger partial charge in [0.1, 0.15) is 0 Å². The van der Waals surface area contributed by atoms with E-state index in [1.807, 2.05) is 6.08 Å². The zero-order chi connectivity index (χ0) is 13.3. The normalized spacial score (nSPS) is 13.1. The van der Waals surface area contributed by atoms with E-state index in [-0.39, 0.29) is 5.97 Å². The summed E-state index contributed by atoms with van der Waals surface area (Å²) in [5.74, 6) is 0.302. The van der Waals surface area contributed by atoms with Crippen LogP contribution < -0.4 is 0 Å². The molecule has 0 saturated heterocycles. The van der Waals surface area contributed by atoms with Crippen molar-refractivity contribution >= 4 is 21.9 Å². The molecule has 0 aliphatic rings. The molecule has 0 rings (SSSR count). The van der Waals surface area contributed by atoms with E-state index in [0.29, 0.717) is 17.0 Å². The van der Waals surface area contributed by atoms with Crippen LogP contribution in [-0.4, -0.2) is 12.6 Å². The number of hydrogen-bond acceptors (Lipinski definition) is 2.